The van der Waals surface area contributed by atoms with Crippen LogP contribution in [-0.2, 0) is 17.8 Å². The summed E-state index contributed by atoms with van der Waals surface area (Å²) in [6.45, 7) is 1.12. The van der Waals surface area contributed by atoms with Crippen molar-refractivity contribution >= 4 is 17.6 Å². The summed E-state index contributed by atoms with van der Waals surface area (Å²) in [4.78, 5) is 27.2. The zero-order valence-corrected chi connectivity index (χ0v) is 18.9. The zero-order valence-electron chi connectivity index (χ0n) is 18.9. The Bertz CT molecular complexity index is 1040. The first kappa shape index (κ1) is 21.7. The number of urea groups is 1. The van der Waals surface area contributed by atoms with Gasteiger partial charge >= 0.3 is 6.03 Å². The molecule has 3 amide bonds. The van der Waals surface area contributed by atoms with Gasteiger partial charge < -0.3 is 20.3 Å². The molecule has 1 heterocycles. The summed E-state index contributed by atoms with van der Waals surface area (Å²) in [6.07, 6.45) is 5.36. The van der Waals surface area contributed by atoms with E-state index in [1.54, 1.807) is 18.1 Å². The van der Waals surface area contributed by atoms with E-state index in [1.807, 2.05) is 24.3 Å². The van der Waals surface area contributed by atoms with Gasteiger partial charge in [-0.1, -0.05) is 18.2 Å². The van der Waals surface area contributed by atoms with Crippen LogP contribution in [0.4, 0.5) is 14.9 Å². The van der Waals surface area contributed by atoms with E-state index < -0.39 is 0 Å². The fourth-order valence-corrected chi connectivity index (χ4v) is 5.74. The lowest BCUT2D eigenvalue weighted by atomic mass is 9.49. The molecule has 0 atom stereocenters. The average Bonchev–Trinajstić information content (AvgIpc) is 2.77. The summed E-state index contributed by atoms with van der Waals surface area (Å²) in [5.41, 5.74) is 2.98. The molecule has 174 valence electrons. The van der Waals surface area contributed by atoms with Gasteiger partial charge in [-0.3, -0.25) is 4.79 Å². The van der Waals surface area contributed by atoms with Crippen molar-refractivity contribution in [2.75, 3.05) is 18.6 Å². The number of benzene rings is 2. The number of carbonyl (C=O) groups is 2. The summed E-state index contributed by atoms with van der Waals surface area (Å²) >= 11 is 0. The molecule has 2 aliphatic carbocycles. The van der Waals surface area contributed by atoms with Crippen LogP contribution in [0.1, 0.15) is 43.2 Å². The minimum absolute atomic E-state index is 0.00376. The zero-order chi connectivity index (χ0) is 23.0. The fourth-order valence-electron chi connectivity index (χ4n) is 5.74. The second-order valence-electron chi connectivity index (χ2n) is 9.75. The normalized spacial score (nSPS) is 25.5. The first-order valence-electron chi connectivity index (χ1n) is 11.7. The lowest BCUT2D eigenvalue weighted by molar-refractivity contribution is -0.135. The van der Waals surface area contributed by atoms with Gasteiger partial charge in [-0.05, 0) is 79.3 Å². The number of rotatable bonds is 5. The molecule has 0 bridgehead atoms. The van der Waals surface area contributed by atoms with Crippen molar-refractivity contribution < 1.29 is 18.7 Å². The predicted octanol–water partition coefficient (Wildman–Crippen LogP) is 4.17. The molecular formula is C26H30FN3O3. The Morgan fingerprint density at radius 2 is 1.88 bits per heavy atom. The molecule has 7 heteroatoms. The monoisotopic (exact) mass is 451 g/mol. The number of ether oxygens (including phenoxy) is 1. The molecule has 0 radical (unpaired) electrons. The Morgan fingerprint density at radius 3 is 2.61 bits per heavy atom. The highest BCUT2D eigenvalue weighted by Crippen LogP contribution is 2.59. The molecule has 33 heavy (non-hydrogen) atoms. The van der Waals surface area contributed by atoms with Crippen LogP contribution in [0.3, 0.4) is 0 Å². The number of aryl methyl sites for hydroxylation is 1. The highest BCUT2D eigenvalue weighted by Gasteiger charge is 2.55. The minimum atomic E-state index is -0.295. The Balaban J connectivity index is 1.07. The minimum Gasteiger partial charge on any atom is -0.497 e. The van der Waals surface area contributed by atoms with Gasteiger partial charge in [0.05, 0.1) is 7.11 Å². The molecule has 0 unspecified atom stereocenters. The van der Waals surface area contributed by atoms with Gasteiger partial charge in [0, 0.05) is 30.7 Å². The van der Waals surface area contributed by atoms with Crippen LogP contribution in [0.15, 0.2) is 42.5 Å². The standard InChI is InChI=1S/C26H30FN3O3/c1-33-22-8-4-17(5-9-22)16-28-25(32)29-21-14-26(15-21)12-19(13-26)24(31)30-10-2-3-18-6-7-20(27)11-23(18)30/h4-9,11,19,21H,2-3,10,12-16H2,1H3,(H2,28,29,32). The lowest BCUT2D eigenvalue weighted by Crippen LogP contribution is -2.59. The molecule has 2 aromatic carbocycles. The average molecular weight is 452 g/mol. The topological polar surface area (TPSA) is 70.7 Å². The second-order valence-corrected chi connectivity index (χ2v) is 9.75. The van der Waals surface area contributed by atoms with Gasteiger partial charge in [0.1, 0.15) is 11.6 Å². The predicted molar refractivity (Wildman–Crippen MR) is 124 cm³/mol. The number of nitrogens with zero attached hydrogens (tertiary/aromatic N) is 1. The highest BCUT2D eigenvalue weighted by molar-refractivity contribution is 5.96. The van der Waals surface area contributed by atoms with Crippen molar-refractivity contribution in [1.29, 1.82) is 0 Å². The van der Waals surface area contributed by atoms with E-state index in [2.05, 4.69) is 10.6 Å². The van der Waals surface area contributed by atoms with Gasteiger partial charge in [-0.15, -0.1) is 0 Å². The van der Waals surface area contributed by atoms with E-state index in [-0.39, 0.29) is 35.1 Å². The smallest absolute Gasteiger partial charge is 0.315 e. The third-order valence-corrected chi connectivity index (χ3v) is 7.45. The number of hydrogen-bond donors (Lipinski definition) is 2. The third kappa shape index (κ3) is 4.41. The fraction of sp³-hybridized carbons (Fsp3) is 0.462. The number of carbonyl (C=O) groups excluding carboxylic acids is 2. The molecule has 1 spiro atoms. The number of hydrogen-bond acceptors (Lipinski definition) is 3. The van der Waals surface area contributed by atoms with Crippen molar-refractivity contribution in [3.8, 4) is 5.75 Å². The maximum atomic E-state index is 13.8. The van der Waals surface area contributed by atoms with E-state index in [0.29, 0.717) is 13.1 Å². The molecule has 2 fully saturated rings. The van der Waals surface area contributed by atoms with E-state index in [4.69, 9.17) is 4.74 Å². The molecule has 0 saturated heterocycles. The second kappa shape index (κ2) is 8.69. The van der Waals surface area contributed by atoms with Gasteiger partial charge in [0.2, 0.25) is 5.91 Å². The summed E-state index contributed by atoms with van der Waals surface area (Å²) in [7, 11) is 1.63. The number of anilines is 1. The molecular weight excluding hydrogens is 421 g/mol. The maximum Gasteiger partial charge on any atom is 0.315 e. The van der Waals surface area contributed by atoms with Crippen molar-refractivity contribution in [3.05, 3.63) is 59.4 Å². The molecule has 1 aliphatic heterocycles. The highest BCUT2D eigenvalue weighted by atomic mass is 19.1. The maximum absolute atomic E-state index is 13.8. The first-order chi connectivity index (χ1) is 15.9. The number of halogens is 1. The molecule has 0 aromatic heterocycles. The summed E-state index contributed by atoms with van der Waals surface area (Å²) in [6, 6.07) is 12.4. The molecule has 2 aromatic rings. The van der Waals surface area contributed by atoms with Crippen LogP contribution >= 0.6 is 0 Å². The number of methoxy groups -OCH3 is 1. The lowest BCUT2D eigenvalue weighted by Gasteiger charge is -2.57. The van der Waals surface area contributed by atoms with Crippen molar-refractivity contribution in [2.24, 2.45) is 11.3 Å². The van der Waals surface area contributed by atoms with Gasteiger partial charge in [0.15, 0.2) is 0 Å². The Labute approximate surface area is 193 Å². The third-order valence-electron chi connectivity index (χ3n) is 7.45. The van der Waals surface area contributed by atoms with Gasteiger partial charge in [0.25, 0.3) is 0 Å². The van der Waals surface area contributed by atoms with E-state index >= 15 is 0 Å². The summed E-state index contributed by atoms with van der Waals surface area (Å²) in [5.74, 6) is 0.624. The first-order valence-corrected chi connectivity index (χ1v) is 11.7. The van der Waals surface area contributed by atoms with Crippen LogP contribution in [0.5, 0.6) is 5.75 Å². The van der Waals surface area contributed by atoms with Crippen LogP contribution < -0.4 is 20.3 Å². The van der Waals surface area contributed by atoms with Crippen molar-refractivity contribution in [3.63, 3.8) is 0 Å². The van der Waals surface area contributed by atoms with Crippen molar-refractivity contribution in [1.82, 2.24) is 10.6 Å². The summed E-state index contributed by atoms with van der Waals surface area (Å²) < 4.78 is 18.9. The Morgan fingerprint density at radius 1 is 1.12 bits per heavy atom. The molecule has 3 aliphatic rings. The van der Waals surface area contributed by atoms with Gasteiger partial charge in [-0.2, -0.15) is 0 Å². The van der Waals surface area contributed by atoms with E-state index in [0.717, 1.165) is 61.1 Å². The van der Waals surface area contributed by atoms with Crippen LogP contribution in [0.2, 0.25) is 0 Å². The quantitative estimate of drug-likeness (QED) is 0.717. The number of fused-ring (bicyclic) bond motifs is 1. The van der Waals surface area contributed by atoms with E-state index in [9.17, 15) is 14.0 Å². The number of amides is 3. The van der Waals surface area contributed by atoms with E-state index in [1.165, 1.54) is 12.1 Å². The van der Waals surface area contributed by atoms with Crippen LogP contribution in [0, 0.1) is 17.2 Å². The van der Waals surface area contributed by atoms with Crippen molar-refractivity contribution in [2.45, 2.75) is 51.1 Å². The van der Waals surface area contributed by atoms with Crippen LogP contribution in [-0.4, -0.2) is 31.6 Å². The molecule has 5 rings (SSSR count). The summed E-state index contributed by atoms with van der Waals surface area (Å²) in [5, 5.41) is 5.95. The Kier molecular flexibility index (Phi) is 5.72. The van der Waals surface area contributed by atoms with Gasteiger partial charge in [-0.25, -0.2) is 9.18 Å². The number of nitrogens with one attached hydrogen (secondary N) is 2. The largest absolute Gasteiger partial charge is 0.497 e. The molecule has 2 N–H and O–H groups in total. The molecule has 2 saturated carbocycles. The SMILES string of the molecule is COc1ccc(CNC(=O)NC2CC3(C2)CC(C(=O)N2CCCc4ccc(F)cc42)C3)cc1. The molecule has 6 nitrogen and oxygen atoms in total. The Hall–Kier alpha value is -3.09. The van der Waals surface area contributed by atoms with Crippen LogP contribution in [0.25, 0.3) is 0 Å².